The van der Waals surface area contributed by atoms with Crippen molar-refractivity contribution < 1.29 is 4.79 Å². The first-order chi connectivity index (χ1) is 9.63. The molecule has 1 heterocycles. The zero-order valence-electron chi connectivity index (χ0n) is 11.4. The van der Waals surface area contributed by atoms with Crippen molar-refractivity contribution in [3.8, 4) is 0 Å². The Labute approximate surface area is 123 Å². The highest BCUT2D eigenvalue weighted by Crippen LogP contribution is 2.33. The summed E-state index contributed by atoms with van der Waals surface area (Å²) in [5.74, 6) is 0.643. The lowest BCUT2D eigenvalue weighted by Gasteiger charge is -2.13. The maximum absolute atomic E-state index is 12.2. The van der Waals surface area contributed by atoms with Gasteiger partial charge in [0.15, 0.2) is 0 Å². The normalized spacial score (nSPS) is 16.1. The number of fused-ring (bicyclic) bond motifs is 1. The summed E-state index contributed by atoms with van der Waals surface area (Å²) in [6.45, 7) is 2.04. The molecule has 1 fully saturated rings. The van der Waals surface area contributed by atoms with Crippen molar-refractivity contribution in [2.75, 3.05) is 0 Å². The van der Waals surface area contributed by atoms with Gasteiger partial charge in [0.2, 0.25) is 0 Å². The maximum atomic E-state index is 12.2. The third-order valence-corrected chi connectivity index (χ3v) is 3.98. The fourth-order valence-corrected chi connectivity index (χ4v) is 2.75. The lowest BCUT2D eigenvalue weighted by atomic mass is 10.1. The molecule has 0 saturated heterocycles. The monoisotopic (exact) mass is 288 g/mol. The molecule has 2 aromatic rings. The first-order valence-electron chi connectivity index (χ1n) is 6.99. The topological polar surface area (TPSA) is 42.0 Å². The molecule has 3 rings (SSSR count). The van der Waals surface area contributed by atoms with Gasteiger partial charge in [0, 0.05) is 11.4 Å². The minimum Gasteiger partial charge on any atom is -0.348 e. The lowest BCUT2D eigenvalue weighted by Crippen LogP contribution is -2.33. The molecule has 104 valence electrons. The summed E-state index contributed by atoms with van der Waals surface area (Å²) in [6.07, 6.45) is 3.63. The number of amides is 1. The van der Waals surface area contributed by atoms with Crippen LogP contribution in [0.3, 0.4) is 0 Å². The summed E-state index contributed by atoms with van der Waals surface area (Å²) in [6, 6.07) is 9.65. The summed E-state index contributed by atoms with van der Waals surface area (Å²) >= 11 is 6.15. The molecule has 0 aliphatic heterocycles. The summed E-state index contributed by atoms with van der Waals surface area (Å²) in [5, 5.41) is 5.19. The molecule has 1 saturated carbocycles. The van der Waals surface area contributed by atoms with Crippen LogP contribution in [0.1, 0.15) is 36.7 Å². The van der Waals surface area contributed by atoms with Crippen molar-refractivity contribution in [3.63, 3.8) is 0 Å². The van der Waals surface area contributed by atoms with Crippen LogP contribution in [-0.4, -0.2) is 16.9 Å². The number of halogens is 1. The number of pyridine rings is 1. The number of carbonyl (C=O) groups excluding carboxylic acids is 1. The van der Waals surface area contributed by atoms with Crippen molar-refractivity contribution in [1.82, 2.24) is 10.3 Å². The van der Waals surface area contributed by atoms with Gasteiger partial charge >= 0.3 is 0 Å². The molecule has 1 aromatic carbocycles. The minimum atomic E-state index is -0.147. The first kappa shape index (κ1) is 13.4. The average molecular weight is 289 g/mol. The van der Waals surface area contributed by atoms with Crippen molar-refractivity contribution >= 4 is 28.3 Å². The maximum Gasteiger partial charge on any atom is 0.270 e. The number of hydrogen-bond donors (Lipinski definition) is 1. The van der Waals surface area contributed by atoms with E-state index in [0.717, 1.165) is 23.1 Å². The minimum absolute atomic E-state index is 0.147. The Bertz CT molecular complexity index is 652. The highest BCUT2D eigenvalue weighted by molar-refractivity contribution is 6.34. The SMILES string of the molecule is CC(CC1CC1)NC(=O)c1cc2ccccc2c(Cl)n1. The molecule has 4 heteroatoms. The molecule has 1 atom stereocenters. The van der Waals surface area contributed by atoms with E-state index in [2.05, 4.69) is 10.3 Å². The second-order valence-corrected chi connectivity index (χ2v) is 5.93. The Kier molecular flexibility index (Phi) is 3.62. The van der Waals surface area contributed by atoms with Crippen LogP contribution in [0.25, 0.3) is 10.8 Å². The van der Waals surface area contributed by atoms with Gasteiger partial charge in [-0.3, -0.25) is 4.79 Å². The highest BCUT2D eigenvalue weighted by atomic mass is 35.5. The van der Waals surface area contributed by atoms with Gasteiger partial charge in [-0.2, -0.15) is 0 Å². The lowest BCUT2D eigenvalue weighted by molar-refractivity contribution is 0.0932. The van der Waals surface area contributed by atoms with Crippen LogP contribution in [0.15, 0.2) is 30.3 Å². The number of hydrogen-bond acceptors (Lipinski definition) is 2. The second-order valence-electron chi connectivity index (χ2n) is 5.57. The van der Waals surface area contributed by atoms with Crippen LogP contribution in [0.5, 0.6) is 0 Å². The van der Waals surface area contributed by atoms with Gasteiger partial charge in [-0.25, -0.2) is 4.98 Å². The molecule has 1 unspecified atom stereocenters. The molecular formula is C16H17ClN2O. The molecule has 0 bridgehead atoms. The van der Waals surface area contributed by atoms with Crippen molar-refractivity contribution in [2.45, 2.75) is 32.2 Å². The van der Waals surface area contributed by atoms with Crippen LogP contribution >= 0.6 is 11.6 Å². The number of rotatable bonds is 4. The number of carbonyl (C=O) groups is 1. The van der Waals surface area contributed by atoms with Gasteiger partial charge in [0.1, 0.15) is 10.8 Å². The Morgan fingerprint density at radius 1 is 1.45 bits per heavy atom. The third-order valence-electron chi connectivity index (χ3n) is 3.69. The summed E-state index contributed by atoms with van der Waals surface area (Å²) in [7, 11) is 0. The zero-order chi connectivity index (χ0) is 14.1. The van der Waals surface area contributed by atoms with Gasteiger partial charge < -0.3 is 5.32 Å². The molecule has 3 nitrogen and oxygen atoms in total. The molecular weight excluding hydrogens is 272 g/mol. The van der Waals surface area contributed by atoms with E-state index in [9.17, 15) is 4.79 Å². The van der Waals surface area contributed by atoms with Crippen molar-refractivity contribution in [2.24, 2.45) is 5.92 Å². The van der Waals surface area contributed by atoms with Crippen LogP contribution in [0.2, 0.25) is 5.15 Å². The van der Waals surface area contributed by atoms with Gasteiger partial charge in [0.25, 0.3) is 5.91 Å². The number of benzene rings is 1. The van der Waals surface area contributed by atoms with Gasteiger partial charge in [-0.05, 0) is 30.7 Å². The van der Waals surface area contributed by atoms with E-state index in [1.807, 2.05) is 31.2 Å². The molecule has 1 aliphatic rings. The molecule has 20 heavy (non-hydrogen) atoms. The van der Waals surface area contributed by atoms with Crippen LogP contribution in [-0.2, 0) is 0 Å². The molecule has 1 N–H and O–H groups in total. The number of nitrogens with one attached hydrogen (secondary N) is 1. The predicted molar refractivity (Wildman–Crippen MR) is 81.0 cm³/mol. The fourth-order valence-electron chi connectivity index (χ4n) is 2.48. The fraction of sp³-hybridized carbons (Fsp3) is 0.375. The highest BCUT2D eigenvalue weighted by Gasteiger charge is 2.24. The van der Waals surface area contributed by atoms with Crippen LogP contribution in [0.4, 0.5) is 0 Å². The Balaban J connectivity index is 1.80. The van der Waals surface area contributed by atoms with E-state index in [1.165, 1.54) is 12.8 Å². The quantitative estimate of drug-likeness (QED) is 0.869. The summed E-state index contributed by atoms with van der Waals surface area (Å²) < 4.78 is 0. The largest absolute Gasteiger partial charge is 0.348 e. The molecule has 0 spiro atoms. The van der Waals surface area contributed by atoms with E-state index in [1.54, 1.807) is 6.07 Å². The van der Waals surface area contributed by atoms with E-state index < -0.39 is 0 Å². The second kappa shape index (κ2) is 5.41. The summed E-state index contributed by atoms with van der Waals surface area (Å²) in [4.78, 5) is 16.4. The predicted octanol–water partition coefficient (Wildman–Crippen LogP) is 3.81. The zero-order valence-corrected chi connectivity index (χ0v) is 12.2. The van der Waals surface area contributed by atoms with Crippen molar-refractivity contribution in [1.29, 1.82) is 0 Å². The van der Waals surface area contributed by atoms with Gasteiger partial charge in [-0.15, -0.1) is 0 Å². The van der Waals surface area contributed by atoms with E-state index in [0.29, 0.717) is 10.8 Å². The van der Waals surface area contributed by atoms with Gasteiger partial charge in [-0.1, -0.05) is 48.7 Å². The number of aromatic nitrogens is 1. The van der Waals surface area contributed by atoms with Crippen LogP contribution in [0, 0.1) is 5.92 Å². The van der Waals surface area contributed by atoms with E-state index >= 15 is 0 Å². The molecule has 1 amide bonds. The standard InChI is InChI=1S/C16H17ClN2O/c1-10(8-11-6-7-11)18-16(20)14-9-12-4-2-3-5-13(12)15(17)19-14/h2-5,9-11H,6-8H2,1H3,(H,18,20). The molecule has 1 aromatic heterocycles. The molecule has 0 radical (unpaired) electrons. The molecule has 1 aliphatic carbocycles. The third kappa shape index (κ3) is 2.93. The number of nitrogens with zero attached hydrogens (tertiary/aromatic N) is 1. The smallest absolute Gasteiger partial charge is 0.270 e. The average Bonchev–Trinajstić information content (AvgIpc) is 3.22. The Hall–Kier alpha value is -1.61. The Morgan fingerprint density at radius 2 is 2.20 bits per heavy atom. The Morgan fingerprint density at radius 3 is 2.95 bits per heavy atom. The van der Waals surface area contributed by atoms with Crippen LogP contribution < -0.4 is 5.32 Å². The first-order valence-corrected chi connectivity index (χ1v) is 7.37. The van der Waals surface area contributed by atoms with Crippen molar-refractivity contribution in [3.05, 3.63) is 41.2 Å². The van der Waals surface area contributed by atoms with E-state index in [4.69, 9.17) is 11.6 Å². The van der Waals surface area contributed by atoms with E-state index in [-0.39, 0.29) is 11.9 Å². The van der Waals surface area contributed by atoms with Gasteiger partial charge in [0.05, 0.1) is 0 Å². The summed E-state index contributed by atoms with van der Waals surface area (Å²) in [5.41, 5.74) is 0.386.